The van der Waals surface area contributed by atoms with Crippen LogP contribution in [0.25, 0.3) is 0 Å². The number of hydrogen-bond acceptors (Lipinski definition) is 2. The molecule has 0 radical (unpaired) electrons. The maximum absolute atomic E-state index is 14.2. The van der Waals surface area contributed by atoms with Crippen molar-refractivity contribution < 1.29 is 9.13 Å². The third-order valence-electron chi connectivity index (χ3n) is 3.20. The topological polar surface area (TPSA) is 21.3 Å². The molecule has 1 aliphatic heterocycles. The van der Waals surface area contributed by atoms with Crippen molar-refractivity contribution in [3.63, 3.8) is 0 Å². The van der Waals surface area contributed by atoms with Crippen LogP contribution >= 0.6 is 0 Å². The molecule has 0 aromatic rings. The minimum atomic E-state index is -1.36. The summed E-state index contributed by atoms with van der Waals surface area (Å²) in [6.07, 6.45) is 5.59. The number of halogens is 1. The number of ether oxygens (including phenoxy) is 1. The van der Waals surface area contributed by atoms with Gasteiger partial charge in [0.2, 0.25) is 5.85 Å². The van der Waals surface area contributed by atoms with Crippen LogP contribution in [0.5, 0.6) is 0 Å². The van der Waals surface area contributed by atoms with Gasteiger partial charge in [-0.2, -0.15) is 0 Å². The van der Waals surface area contributed by atoms with E-state index in [9.17, 15) is 4.39 Å². The van der Waals surface area contributed by atoms with Crippen molar-refractivity contribution in [1.29, 1.82) is 0 Å². The Bertz CT molecular complexity index is 162. The Kier molecular flexibility index (Phi) is 2.84. The lowest BCUT2D eigenvalue weighted by molar-refractivity contribution is -0.199. The van der Waals surface area contributed by atoms with E-state index in [-0.39, 0.29) is 5.92 Å². The van der Waals surface area contributed by atoms with Gasteiger partial charge in [-0.3, -0.25) is 0 Å². The average molecular weight is 187 g/mol. The molecule has 1 N–H and O–H groups in total. The van der Waals surface area contributed by atoms with E-state index in [1.807, 2.05) is 0 Å². The third kappa shape index (κ3) is 2.02. The van der Waals surface area contributed by atoms with E-state index in [0.717, 1.165) is 19.4 Å². The van der Waals surface area contributed by atoms with Crippen LogP contribution in [0.15, 0.2) is 0 Å². The molecule has 2 aliphatic rings. The van der Waals surface area contributed by atoms with Gasteiger partial charge in [0.15, 0.2) is 0 Å². The first-order valence-corrected chi connectivity index (χ1v) is 5.35. The summed E-state index contributed by atoms with van der Waals surface area (Å²) < 4.78 is 19.4. The summed E-state index contributed by atoms with van der Waals surface area (Å²) in [6, 6.07) is 0. The van der Waals surface area contributed by atoms with Crippen LogP contribution < -0.4 is 5.32 Å². The van der Waals surface area contributed by atoms with Crippen LogP contribution in [0.2, 0.25) is 0 Å². The summed E-state index contributed by atoms with van der Waals surface area (Å²) in [5.74, 6) is -1.23. The SMILES string of the molecule is FC1(C2CCCCC2)CNCCO1. The summed E-state index contributed by atoms with van der Waals surface area (Å²) >= 11 is 0. The average Bonchev–Trinajstić information content (AvgIpc) is 2.20. The fourth-order valence-electron chi connectivity index (χ4n) is 2.40. The molecule has 0 spiro atoms. The monoisotopic (exact) mass is 187 g/mol. The largest absolute Gasteiger partial charge is 0.343 e. The Labute approximate surface area is 78.8 Å². The van der Waals surface area contributed by atoms with Gasteiger partial charge in [-0.25, -0.2) is 4.39 Å². The highest BCUT2D eigenvalue weighted by atomic mass is 19.2. The van der Waals surface area contributed by atoms with Crippen LogP contribution in [0.1, 0.15) is 32.1 Å². The van der Waals surface area contributed by atoms with Gasteiger partial charge in [0.1, 0.15) is 0 Å². The number of nitrogens with one attached hydrogen (secondary N) is 1. The molecule has 3 heteroatoms. The number of hydrogen-bond donors (Lipinski definition) is 1. The minimum absolute atomic E-state index is 0.133. The van der Waals surface area contributed by atoms with Crippen LogP contribution in [0.3, 0.4) is 0 Å². The highest BCUT2D eigenvalue weighted by Crippen LogP contribution is 2.36. The highest BCUT2D eigenvalue weighted by molar-refractivity contribution is 4.85. The van der Waals surface area contributed by atoms with E-state index in [1.165, 1.54) is 19.3 Å². The van der Waals surface area contributed by atoms with Crippen LogP contribution in [0, 0.1) is 5.92 Å². The highest BCUT2D eigenvalue weighted by Gasteiger charge is 2.41. The number of morpholine rings is 1. The Morgan fingerprint density at radius 1 is 1.23 bits per heavy atom. The van der Waals surface area contributed by atoms with Gasteiger partial charge in [0.05, 0.1) is 13.2 Å². The van der Waals surface area contributed by atoms with Crippen molar-refractivity contribution in [1.82, 2.24) is 5.32 Å². The molecule has 13 heavy (non-hydrogen) atoms. The first-order valence-electron chi connectivity index (χ1n) is 5.35. The molecule has 2 nitrogen and oxygen atoms in total. The molecule has 1 saturated carbocycles. The second-order valence-electron chi connectivity index (χ2n) is 4.15. The van der Waals surface area contributed by atoms with Gasteiger partial charge >= 0.3 is 0 Å². The van der Waals surface area contributed by atoms with Crippen molar-refractivity contribution in [2.75, 3.05) is 19.7 Å². The van der Waals surface area contributed by atoms with Crippen molar-refractivity contribution in [2.45, 2.75) is 38.0 Å². The van der Waals surface area contributed by atoms with Gasteiger partial charge < -0.3 is 10.1 Å². The fourth-order valence-corrected chi connectivity index (χ4v) is 2.40. The Balaban J connectivity index is 1.94. The second-order valence-corrected chi connectivity index (χ2v) is 4.15. The summed E-state index contributed by atoms with van der Waals surface area (Å²) in [4.78, 5) is 0. The van der Waals surface area contributed by atoms with E-state index in [2.05, 4.69) is 5.32 Å². The van der Waals surface area contributed by atoms with Crippen LogP contribution in [-0.2, 0) is 4.74 Å². The van der Waals surface area contributed by atoms with Gasteiger partial charge in [-0.05, 0) is 12.8 Å². The molecule has 1 heterocycles. The van der Waals surface area contributed by atoms with Gasteiger partial charge in [-0.1, -0.05) is 19.3 Å². The lowest BCUT2D eigenvalue weighted by Gasteiger charge is -2.38. The van der Waals surface area contributed by atoms with E-state index in [1.54, 1.807) is 0 Å². The quantitative estimate of drug-likeness (QED) is 0.676. The normalized spacial score (nSPS) is 37.6. The second kappa shape index (κ2) is 3.93. The van der Waals surface area contributed by atoms with Crippen molar-refractivity contribution in [3.05, 3.63) is 0 Å². The van der Waals surface area contributed by atoms with Gasteiger partial charge in [0.25, 0.3) is 0 Å². The molecule has 1 aliphatic carbocycles. The van der Waals surface area contributed by atoms with Crippen molar-refractivity contribution >= 4 is 0 Å². The number of rotatable bonds is 1. The summed E-state index contributed by atoms with van der Waals surface area (Å²) in [6.45, 7) is 1.70. The smallest absolute Gasteiger partial charge is 0.224 e. The Hall–Kier alpha value is -0.150. The predicted octanol–water partition coefficient (Wildman–Crippen LogP) is 1.85. The Morgan fingerprint density at radius 2 is 2.00 bits per heavy atom. The maximum atomic E-state index is 14.2. The summed E-state index contributed by atoms with van der Waals surface area (Å²) in [5.41, 5.74) is 0. The Morgan fingerprint density at radius 3 is 2.62 bits per heavy atom. The van der Waals surface area contributed by atoms with Crippen molar-refractivity contribution in [2.24, 2.45) is 5.92 Å². The van der Waals surface area contributed by atoms with E-state index in [4.69, 9.17) is 4.74 Å². The molecular formula is C10H18FNO. The molecule has 2 fully saturated rings. The lowest BCUT2D eigenvalue weighted by Crippen LogP contribution is -2.51. The summed E-state index contributed by atoms with van der Waals surface area (Å²) in [5, 5.41) is 3.07. The van der Waals surface area contributed by atoms with E-state index >= 15 is 0 Å². The molecule has 1 unspecified atom stereocenters. The molecular weight excluding hydrogens is 169 g/mol. The molecule has 2 rings (SSSR count). The standard InChI is InChI=1S/C10H18FNO/c11-10(8-12-6-7-13-10)9-4-2-1-3-5-9/h9,12H,1-8H2. The molecule has 1 atom stereocenters. The zero-order valence-corrected chi connectivity index (χ0v) is 8.02. The van der Waals surface area contributed by atoms with Crippen molar-refractivity contribution in [3.8, 4) is 0 Å². The predicted molar refractivity (Wildman–Crippen MR) is 49.2 cm³/mol. The molecule has 0 amide bonds. The molecule has 0 aromatic carbocycles. The zero-order valence-electron chi connectivity index (χ0n) is 8.02. The first-order chi connectivity index (χ1) is 6.31. The summed E-state index contributed by atoms with van der Waals surface area (Å²) in [7, 11) is 0. The van der Waals surface area contributed by atoms with Crippen LogP contribution in [0.4, 0.5) is 4.39 Å². The van der Waals surface area contributed by atoms with E-state index < -0.39 is 5.85 Å². The third-order valence-corrected chi connectivity index (χ3v) is 3.20. The van der Waals surface area contributed by atoms with Gasteiger partial charge in [-0.15, -0.1) is 0 Å². The molecule has 1 saturated heterocycles. The molecule has 76 valence electrons. The lowest BCUT2D eigenvalue weighted by atomic mass is 9.83. The van der Waals surface area contributed by atoms with Crippen LogP contribution in [-0.4, -0.2) is 25.6 Å². The van der Waals surface area contributed by atoms with E-state index in [0.29, 0.717) is 13.2 Å². The minimum Gasteiger partial charge on any atom is -0.343 e. The number of alkyl halides is 1. The molecule has 0 bridgehead atoms. The fraction of sp³-hybridized carbons (Fsp3) is 1.00. The maximum Gasteiger partial charge on any atom is 0.224 e. The van der Waals surface area contributed by atoms with Gasteiger partial charge in [0, 0.05) is 12.5 Å². The molecule has 0 aromatic heterocycles. The zero-order chi connectivity index (χ0) is 9.15. The first kappa shape index (κ1) is 9.41.